The summed E-state index contributed by atoms with van der Waals surface area (Å²) in [5.74, 6) is 0.0623. The highest BCUT2D eigenvalue weighted by Crippen LogP contribution is 2.23. The number of hydrogen-bond acceptors (Lipinski definition) is 4. The number of carbonyl (C=O) groups is 2. The number of thiophene rings is 1. The van der Waals surface area contributed by atoms with E-state index in [9.17, 15) is 14.7 Å². The Labute approximate surface area is 122 Å². The van der Waals surface area contributed by atoms with Crippen molar-refractivity contribution >= 4 is 23.2 Å². The fourth-order valence-corrected chi connectivity index (χ4v) is 2.97. The molecule has 1 saturated carbocycles. The van der Waals surface area contributed by atoms with Crippen LogP contribution >= 0.6 is 11.3 Å². The molecule has 110 valence electrons. The van der Waals surface area contributed by atoms with Crippen LogP contribution < -0.4 is 10.6 Å². The van der Waals surface area contributed by atoms with Gasteiger partial charge in [-0.05, 0) is 43.0 Å². The van der Waals surface area contributed by atoms with Gasteiger partial charge in [0.05, 0.1) is 17.5 Å². The van der Waals surface area contributed by atoms with Crippen molar-refractivity contribution in [1.29, 1.82) is 0 Å². The molecule has 0 bridgehead atoms. The number of carbonyl (C=O) groups excluding carboxylic acids is 2. The summed E-state index contributed by atoms with van der Waals surface area (Å²) in [5.41, 5.74) is 0. The molecule has 1 aliphatic carbocycles. The lowest BCUT2D eigenvalue weighted by atomic mass is 9.87. The van der Waals surface area contributed by atoms with Crippen molar-refractivity contribution in [1.82, 2.24) is 10.6 Å². The second kappa shape index (κ2) is 7.40. The molecule has 0 atom stereocenters. The Morgan fingerprint density at radius 2 is 2.00 bits per heavy atom. The largest absolute Gasteiger partial charge is 0.393 e. The number of amides is 2. The summed E-state index contributed by atoms with van der Waals surface area (Å²) in [6.07, 6.45) is 3.35. The first-order valence-electron chi connectivity index (χ1n) is 6.91. The number of hydrogen-bond donors (Lipinski definition) is 3. The van der Waals surface area contributed by atoms with Crippen LogP contribution in [0.5, 0.6) is 0 Å². The highest BCUT2D eigenvalue weighted by Gasteiger charge is 2.19. The Balaban J connectivity index is 1.62. The Bertz CT molecular complexity index is 439. The number of nitrogens with one attached hydrogen (secondary N) is 2. The van der Waals surface area contributed by atoms with Crippen molar-refractivity contribution in [3.63, 3.8) is 0 Å². The maximum atomic E-state index is 11.7. The van der Waals surface area contributed by atoms with E-state index in [2.05, 4.69) is 10.6 Å². The molecule has 0 unspecified atom stereocenters. The molecule has 0 aliphatic heterocycles. The molecule has 0 aromatic carbocycles. The van der Waals surface area contributed by atoms with E-state index in [-0.39, 0.29) is 24.5 Å². The molecule has 1 heterocycles. The van der Waals surface area contributed by atoms with Gasteiger partial charge in [-0.1, -0.05) is 6.07 Å². The normalized spacial score (nSPS) is 22.2. The van der Waals surface area contributed by atoms with Gasteiger partial charge in [-0.25, -0.2) is 0 Å². The summed E-state index contributed by atoms with van der Waals surface area (Å²) >= 11 is 1.35. The van der Waals surface area contributed by atoms with Gasteiger partial charge in [0.15, 0.2) is 0 Å². The zero-order valence-corrected chi connectivity index (χ0v) is 12.1. The quantitative estimate of drug-likeness (QED) is 0.762. The van der Waals surface area contributed by atoms with Gasteiger partial charge in [-0.2, -0.15) is 0 Å². The molecule has 20 heavy (non-hydrogen) atoms. The summed E-state index contributed by atoms with van der Waals surface area (Å²) in [6, 6.07) is 3.53. The molecular weight excluding hydrogens is 276 g/mol. The summed E-state index contributed by atoms with van der Waals surface area (Å²) < 4.78 is 0. The molecule has 2 rings (SSSR count). The third kappa shape index (κ3) is 4.61. The summed E-state index contributed by atoms with van der Waals surface area (Å²) in [5, 5.41) is 16.7. The number of aliphatic hydroxyl groups is 1. The maximum Gasteiger partial charge on any atom is 0.261 e. The van der Waals surface area contributed by atoms with Gasteiger partial charge < -0.3 is 15.7 Å². The summed E-state index contributed by atoms with van der Waals surface area (Å²) in [4.78, 5) is 23.9. The van der Waals surface area contributed by atoms with Crippen molar-refractivity contribution in [2.75, 3.05) is 13.1 Å². The molecule has 2 amide bonds. The first kappa shape index (κ1) is 15.0. The molecule has 6 heteroatoms. The van der Waals surface area contributed by atoms with Gasteiger partial charge in [0.25, 0.3) is 5.91 Å². The number of aliphatic hydroxyl groups excluding tert-OH is 1. The molecular formula is C14H20N2O3S. The molecule has 1 aromatic heterocycles. The fraction of sp³-hybridized carbons (Fsp3) is 0.571. The van der Waals surface area contributed by atoms with Crippen LogP contribution in [0, 0.1) is 5.92 Å². The maximum absolute atomic E-state index is 11.7. The zero-order chi connectivity index (χ0) is 14.4. The second-order valence-corrected chi connectivity index (χ2v) is 6.09. The van der Waals surface area contributed by atoms with E-state index in [0.717, 1.165) is 25.7 Å². The van der Waals surface area contributed by atoms with E-state index in [1.807, 2.05) is 5.38 Å². The van der Waals surface area contributed by atoms with Crippen molar-refractivity contribution in [2.45, 2.75) is 31.8 Å². The average Bonchev–Trinajstić information content (AvgIpc) is 2.98. The molecule has 1 aliphatic rings. The molecule has 3 N–H and O–H groups in total. The third-order valence-corrected chi connectivity index (χ3v) is 4.43. The molecule has 1 fully saturated rings. The lowest BCUT2D eigenvalue weighted by Crippen LogP contribution is -2.39. The van der Waals surface area contributed by atoms with E-state index in [1.165, 1.54) is 11.3 Å². The predicted octanol–water partition coefficient (Wildman–Crippen LogP) is 1.15. The van der Waals surface area contributed by atoms with Crippen LogP contribution in [0.4, 0.5) is 0 Å². The van der Waals surface area contributed by atoms with Crippen molar-refractivity contribution < 1.29 is 14.7 Å². The van der Waals surface area contributed by atoms with Crippen molar-refractivity contribution in [2.24, 2.45) is 5.92 Å². The first-order valence-corrected chi connectivity index (χ1v) is 7.79. The van der Waals surface area contributed by atoms with Gasteiger partial charge in [0.2, 0.25) is 5.91 Å². The van der Waals surface area contributed by atoms with Crippen LogP contribution in [0.15, 0.2) is 17.5 Å². The van der Waals surface area contributed by atoms with Crippen LogP contribution in [-0.2, 0) is 4.79 Å². The van der Waals surface area contributed by atoms with E-state index >= 15 is 0 Å². The zero-order valence-electron chi connectivity index (χ0n) is 11.3. The van der Waals surface area contributed by atoms with Crippen LogP contribution in [0.25, 0.3) is 0 Å². The lowest BCUT2D eigenvalue weighted by molar-refractivity contribution is -0.120. The Morgan fingerprint density at radius 3 is 2.65 bits per heavy atom. The SMILES string of the molecule is O=C(CNC(=O)c1cccs1)NCC1CCC(O)CC1. The van der Waals surface area contributed by atoms with Gasteiger partial charge in [0.1, 0.15) is 0 Å². The van der Waals surface area contributed by atoms with Crippen molar-refractivity contribution in [3.8, 4) is 0 Å². The van der Waals surface area contributed by atoms with E-state index in [0.29, 0.717) is 17.3 Å². The Hall–Kier alpha value is -1.40. The first-order chi connectivity index (χ1) is 9.65. The molecule has 0 radical (unpaired) electrons. The molecule has 1 aromatic rings. The third-order valence-electron chi connectivity index (χ3n) is 3.56. The summed E-state index contributed by atoms with van der Waals surface area (Å²) in [6.45, 7) is 0.631. The van der Waals surface area contributed by atoms with Crippen LogP contribution in [0.2, 0.25) is 0 Å². The summed E-state index contributed by atoms with van der Waals surface area (Å²) in [7, 11) is 0. The highest BCUT2D eigenvalue weighted by molar-refractivity contribution is 7.12. The Kier molecular flexibility index (Phi) is 5.55. The fourth-order valence-electron chi connectivity index (χ4n) is 2.33. The minimum absolute atomic E-state index is 0.00603. The molecule has 0 saturated heterocycles. The van der Waals surface area contributed by atoms with Gasteiger partial charge in [-0.3, -0.25) is 9.59 Å². The Morgan fingerprint density at radius 1 is 1.25 bits per heavy atom. The van der Waals surface area contributed by atoms with Crippen LogP contribution in [-0.4, -0.2) is 36.1 Å². The monoisotopic (exact) mass is 296 g/mol. The minimum Gasteiger partial charge on any atom is -0.393 e. The number of rotatable bonds is 5. The van der Waals surface area contributed by atoms with Crippen molar-refractivity contribution in [3.05, 3.63) is 22.4 Å². The van der Waals surface area contributed by atoms with Gasteiger partial charge in [0, 0.05) is 6.54 Å². The smallest absolute Gasteiger partial charge is 0.261 e. The minimum atomic E-state index is -0.212. The highest BCUT2D eigenvalue weighted by atomic mass is 32.1. The molecule has 0 spiro atoms. The van der Waals surface area contributed by atoms with Crippen LogP contribution in [0.1, 0.15) is 35.4 Å². The topological polar surface area (TPSA) is 78.4 Å². The second-order valence-electron chi connectivity index (χ2n) is 5.14. The average molecular weight is 296 g/mol. The standard InChI is InChI=1S/C14H20N2O3S/c17-11-5-3-10(4-6-11)8-15-13(18)9-16-14(19)12-2-1-7-20-12/h1-2,7,10-11,17H,3-6,8-9H2,(H,15,18)(H,16,19). The van der Waals surface area contributed by atoms with E-state index in [4.69, 9.17) is 0 Å². The lowest BCUT2D eigenvalue weighted by Gasteiger charge is -2.25. The van der Waals surface area contributed by atoms with E-state index in [1.54, 1.807) is 12.1 Å². The van der Waals surface area contributed by atoms with E-state index < -0.39 is 0 Å². The van der Waals surface area contributed by atoms with Gasteiger partial charge >= 0.3 is 0 Å². The predicted molar refractivity (Wildman–Crippen MR) is 77.6 cm³/mol. The van der Waals surface area contributed by atoms with Gasteiger partial charge in [-0.15, -0.1) is 11.3 Å². The van der Waals surface area contributed by atoms with Crippen LogP contribution in [0.3, 0.4) is 0 Å². The molecule has 5 nitrogen and oxygen atoms in total.